The van der Waals surface area contributed by atoms with Crippen LogP contribution in [0.4, 0.5) is 5.69 Å². The van der Waals surface area contributed by atoms with Crippen LogP contribution in [0.15, 0.2) is 71.6 Å². The lowest BCUT2D eigenvalue weighted by Gasteiger charge is -2.40. The minimum absolute atomic E-state index is 0.0515. The Labute approximate surface area is 176 Å². The number of hydrogen-bond acceptors (Lipinski definition) is 6. The number of benzene rings is 1. The topological polar surface area (TPSA) is 70.8 Å². The smallest absolute Gasteiger partial charge is 0.287 e. The second-order valence-corrected chi connectivity index (χ2v) is 7.21. The second kappa shape index (κ2) is 9.45. The average molecular weight is 406 g/mol. The quantitative estimate of drug-likeness (QED) is 0.651. The zero-order chi connectivity index (χ0) is 20.8. The van der Waals surface area contributed by atoms with E-state index in [-0.39, 0.29) is 11.9 Å². The van der Waals surface area contributed by atoms with Crippen LogP contribution < -0.4 is 15.0 Å². The number of ether oxygens (including phenoxy) is 1. The largest absolute Gasteiger partial charge is 0.497 e. The number of furan rings is 1. The van der Waals surface area contributed by atoms with Crippen molar-refractivity contribution in [1.29, 1.82) is 0 Å². The fourth-order valence-corrected chi connectivity index (χ4v) is 3.80. The highest BCUT2D eigenvalue weighted by molar-refractivity contribution is 5.91. The normalized spacial score (nSPS) is 15.6. The van der Waals surface area contributed by atoms with Crippen molar-refractivity contribution in [3.63, 3.8) is 0 Å². The maximum atomic E-state index is 12.4. The molecule has 4 rings (SSSR count). The SMILES string of the molecule is COc1ccc(N2CCN([C@@H](CNC(=O)c3ccco3)c3cccnc3)CC2)cc1. The Bertz CT molecular complexity index is 921. The van der Waals surface area contributed by atoms with Gasteiger partial charge >= 0.3 is 0 Å². The van der Waals surface area contributed by atoms with Crippen molar-refractivity contribution in [2.45, 2.75) is 6.04 Å². The number of anilines is 1. The van der Waals surface area contributed by atoms with Crippen LogP contribution >= 0.6 is 0 Å². The molecular formula is C23H26N4O3. The minimum Gasteiger partial charge on any atom is -0.497 e. The number of aromatic nitrogens is 1. The van der Waals surface area contributed by atoms with Crippen molar-refractivity contribution in [1.82, 2.24) is 15.2 Å². The van der Waals surface area contributed by atoms with Crippen LogP contribution in [0.25, 0.3) is 0 Å². The highest BCUT2D eigenvalue weighted by Gasteiger charge is 2.26. The van der Waals surface area contributed by atoms with Crippen LogP contribution in [0, 0.1) is 0 Å². The Balaban J connectivity index is 1.41. The van der Waals surface area contributed by atoms with Gasteiger partial charge in [-0.2, -0.15) is 0 Å². The third-order valence-electron chi connectivity index (χ3n) is 5.46. The molecule has 0 unspecified atom stereocenters. The lowest BCUT2D eigenvalue weighted by atomic mass is 10.1. The molecule has 1 saturated heterocycles. The first-order chi connectivity index (χ1) is 14.7. The molecule has 7 nitrogen and oxygen atoms in total. The van der Waals surface area contributed by atoms with E-state index in [2.05, 4.69) is 38.3 Å². The molecule has 3 heterocycles. The summed E-state index contributed by atoms with van der Waals surface area (Å²) in [6, 6.07) is 15.6. The van der Waals surface area contributed by atoms with E-state index in [1.807, 2.05) is 24.4 Å². The first kappa shape index (κ1) is 20.0. The molecule has 7 heteroatoms. The lowest BCUT2D eigenvalue weighted by Crippen LogP contribution is -2.50. The van der Waals surface area contributed by atoms with E-state index in [4.69, 9.17) is 9.15 Å². The summed E-state index contributed by atoms with van der Waals surface area (Å²) in [5.74, 6) is 0.983. The number of methoxy groups -OCH3 is 1. The van der Waals surface area contributed by atoms with Gasteiger partial charge in [0.25, 0.3) is 5.91 Å². The van der Waals surface area contributed by atoms with Crippen molar-refractivity contribution < 1.29 is 13.9 Å². The van der Waals surface area contributed by atoms with E-state index in [1.165, 1.54) is 12.0 Å². The van der Waals surface area contributed by atoms with Gasteiger partial charge in [-0.1, -0.05) is 6.07 Å². The van der Waals surface area contributed by atoms with Gasteiger partial charge in [-0.05, 0) is 48.0 Å². The molecule has 0 aliphatic carbocycles. The van der Waals surface area contributed by atoms with Crippen LogP contribution in [0.5, 0.6) is 5.75 Å². The molecule has 1 aliphatic rings. The summed E-state index contributed by atoms with van der Waals surface area (Å²) in [5.41, 5.74) is 2.29. The van der Waals surface area contributed by atoms with Gasteiger partial charge in [0.15, 0.2) is 5.76 Å². The van der Waals surface area contributed by atoms with Gasteiger partial charge in [0.05, 0.1) is 19.4 Å². The maximum absolute atomic E-state index is 12.4. The first-order valence-electron chi connectivity index (χ1n) is 10.1. The standard InChI is InChI=1S/C23H26N4O3/c1-29-20-8-6-19(7-9-20)26-11-13-27(14-12-26)21(18-4-2-10-24-16-18)17-25-23(28)22-5-3-15-30-22/h2-10,15-16,21H,11-14,17H2,1H3,(H,25,28)/t21-/m0/s1. The number of nitrogens with one attached hydrogen (secondary N) is 1. The van der Waals surface area contributed by atoms with Gasteiger partial charge in [-0.25, -0.2) is 0 Å². The molecule has 1 fully saturated rings. The highest BCUT2D eigenvalue weighted by atomic mass is 16.5. The molecule has 0 radical (unpaired) electrons. The fourth-order valence-electron chi connectivity index (χ4n) is 3.80. The maximum Gasteiger partial charge on any atom is 0.287 e. The summed E-state index contributed by atoms with van der Waals surface area (Å²) >= 11 is 0. The zero-order valence-corrected chi connectivity index (χ0v) is 17.0. The Morgan fingerprint density at radius 1 is 1.13 bits per heavy atom. The number of piperazine rings is 1. The first-order valence-corrected chi connectivity index (χ1v) is 10.1. The van der Waals surface area contributed by atoms with E-state index < -0.39 is 0 Å². The predicted molar refractivity (Wildman–Crippen MR) is 115 cm³/mol. The van der Waals surface area contributed by atoms with Crippen LogP contribution in [0.1, 0.15) is 22.2 Å². The van der Waals surface area contributed by atoms with Crippen molar-refractivity contribution >= 4 is 11.6 Å². The summed E-state index contributed by atoms with van der Waals surface area (Å²) in [5, 5.41) is 3.01. The van der Waals surface area contributed by atoms with E-state index in [1.54, 1.807) is 25.4 Å². The van der Waals surface area contributed by atoms with Gasteiger partial charge < -0.3 is 19.4 Å². The van der Waals surface area contributed by atoms with Gasteiger partial charge in [0, 0.05) is 50.8 Å². The number of amides is 1. The number of pyridine rings is 1. The molecule has 2 aromatic heterocycles. The monoisotopic (exact) mass is 406 g/mol. The molecule has 1 atom stereocenters. The average Bonchev–Trinajstić information content (AvgIpc) is 3.36. The number of hydrogen-bond donors (Lipinski definition) is 1. The molecule has 0 bridgehead atoms. The summed E-state index contributed by atoms with van der Waals surface area (Å²) in [6.07, 6.45) is 5.15. The van der Waals surface area contributed by atoms with Crippen molar-refractivity contribution in [3.8, 4) is 5.75 Å². The van der Waals surface area contributed by atoms with Crippen LogP contribution in [0.2, 0.25) is 0 Å². The van der Waals surface area contributed by atoms with Crippen molar-refractivity contribution in [3.05, 3.63) is 78.5 Å². The minimum atomic E-state index is -0.203. The third-order valence-corrected chi connectivity index (χ3v) is 5.46. The molecule has 3 aromatic rings. The summed E-state index contributed by atoms with van der Waals surface area (Å²) < 4.78 is 10.5. The molecule has 1 aliphatic heterocycles. The van der Waals surface area contributed by atoms with E-state index in [0.717, 1.165) is 37.5 Å². The van der Waals surface area contributed by atoms with E-state index in [0.29, 0.717) is 12.3 Å². The second-order valence-electron chi connectivity index (χ2n) is 7.21. The summed E-state index contributed by atoms with van der Waals surface area (Å²) in [4.78, 5) is 21.4. The number of nitrogens with zero attached hydrogens (tertiary/aromatic N) is 3. The Morgan fingerprint density at radius 3 is 2.57 bits per heavy atom. The van der Waals surface area contributed by atoms with Gasteiger partial charge in [-0.15, -0.1) is 0 Å². The van der Waals surface area contributed by atoms with Crippen molar-refractivity contribution in [2.75, 3.05) is 44.7 Å². The Morgan fingerprint density at radius 2 is 1.93 bits per heavy atom. The molecule has 1 N–H and O–H groups in total. The van der Waals surface area contributed by atoms with Crippen molar-refractivity contribution in [2.24, 2.45) is 0 Å². The van der Waals surface area contributed by atoms with E-state index in [9.17, 15) is 4.79 Å². The number of rotatable bonds is 7. The van der Waals surface area contributed by atoms with Crippen LogP contribution in [-0.2, 0) is 0 Å². The summed E-state index contributed by atoms with van der Waals surface area (Å²) in [6.45, 7) is 4.10. The highest BCUT2D eigenvalue weighted by Crippen LogP contribution is 2.25. The van der Waals surface area contributed by atoms with Crippen LogP contribution in [-0.4, -0.2) is 55.6 Å². The predicted octanol–water partition coefficient (Wildman–Crippen LogP) is 2.98. The molecule has 1 amide bonds. The molecule has 1 aromatic carbocycles. The molecule has 156 valence electrons. The lowest BCUT2D eigenvalue weighted by molar-refractivity contribution is 0.0902. The number of carbonyl (C=O) groups excluding carboxylic acids is 1. The Kier molecular flexibility index (Phi) is 6.29. The third kappa shape index (κ3) is 4.63. The molecule has 0 spiro atoms. The van der Waals surface area contributed by atoms with E-state index >= 15 is 0 Å². The molecule has 30 heavy (non-hydrogen) atoms. The summed E-state index contributed by atoms with van der Waals surface area (Å²) in [7, 11) is 1.68. The molecule has 0 saturated carbocycles. The zero-order valence-electron chi connectivity index (χ0n) is 17.0. The Hall–Kier alpha value is -3.32. The van der Waals surface area contributed by atoms with Gasteiger partial charge in [0.1, 0.15) is 5.75 Å². The number of carbonyl (C=O) groups is 1. The van der Waals surface area contributed by atoms with Gasteiger partial charge in [-0.3, -0.25) is 14.7 Å². The van der Waals surface area contributed by atoms with Crippen LogP contribution in [0.3, 0.4) is 0 Å². The van der Waals surface area contributed by atoms with Gasteiger partial charge in [0.2, 0.25) is 0 Å². The molecular weight excluding hydrogens is 380 g/mol. The fraction of sp³-hybridized carbons (Fsp3) is 0.304.